The topological polar surface area (TPSA) is 73.7 Å². The van der Waals surface area contributed by atoms with Crippen LogP contribution < -0.4 is 19.7 Å². The maximum Gasteiger partial charge on any atom is 0.256 e. The number of rotatable bonds is 7. The molecule has 0 aliphatic carbocycles. The highest BCUT2D eigenvalue weighted by molar-refractivity contribution is 14.1. The van der Waals surface area contributed by atoms with Gasteiger partial charge in [-0.05, 0) is 69.9 Å². The van der Waals surface area contributed by atoms with Crippen LogP contribution in [-0.4, -0.2) is 42.2 Å². The second-order valence-corrected chi connectivity index (χ2v) is 10.3. The van der Waals surface area contributed by atoms with E-state index in [4.69, 9.17) is 21.1 Å². The molecule has 4 rings (SSSR count). The van der Waals surface area contributed by atoms with E-state index in [1.165, 1.54) is 7.11 Å². The van der Waals surface area contributed by atoms with Crippen molar-refractivity contribution >= 4 is 66.1 Å². The maximum absolute atomic E-state index is 13.8. The number of carbonyl (C=O) groups is 2. The highest BCUT2D eigenvalue weighted by Crippen LogP contribution is 2.43. The van der Waals surface area contributed by atoms with Crippen LogP contribution in [0, 0.1) is 9.49 Å². The molecule has 1 fully saturated rings. The lowest BCUT2D eigenvalue weighted by Crippen LogP contribution is -2.28. The van der Waals surface area contributed by atoms with Crippen molar-refractivity contribution in [1.82, 2.24) is 9.78 Å². The van der Waals surface area contributed by atoms with Gasteiger partial charge in [0.05, 0.1) is 26.3 Å². The first-order valence-corrected chi connectivity index (χ1v) is 12.6. The Balaban J connectivity index is 1.75. The lowest BCUT2D eigenvalue weighted by molar-refractivity contribution is -0.120. The molecular formula is C24H24ClIN3O4P. The largest absolute Gasteiger partial charge is 0.497 e. The fourth-order valence-corrected chi connectivity index (χ4v) is 6.36. The molecule has 1 aliphatic heterocycles. The number of carbonyl (C=O) groups excluding carboxylic acids is 2. The third-order valence-corrected chi connectivity index (χ3v) is 7.64. The Bertz CT molecular complexity index is 1220. The monoisotopic (exact) mass is 611 g/mol. The Morgan fingerprint density at radius 2 is 1.94 bits per heavy atom. The fraction of sp³-hybridized carbons (Fsp3) is 0.292. The van der Waals surface area contributed by atoms with Crippen LogP contribution in [0.3, 0.4) is 0 Å². The summed E-state index contributed by atoms with van der Waals surface area (Å²) in [7, 11) is 7.67. The molecule has 2 aromatic carbocycles. The smallest absolute Gasteiger partial charge is 0.256 e. The van der Waals surface area contributed by atoms with E-state index in [1.807, 2.05) is 12.1 Å². The first kappa shape index (κ1) is 24.9. The third-order valence-electron chi connectivity index (χ3n) is 6.02. The molecule has 10 heteroatoms. The summed E-state index contributed by atoms with van der Waals surface area (Å²) in [5.41, 5.74) is 2.14. The van der Waals surface area contributed by atoms with E-state index in [0.29, 0.717) is 28.7 Å². The normalized spacial score (nSPS) is 17.8. The van der Waals surface area contributed by atoms with E-state index in [0.717, 1.165) is 20.2 Å². The van der Waals surface area contributed by atoms with Gasteiger partial charge in [0, 0.05) is 40.1 Å². The van der Waals surface area contributed by atoms with Crippen molar-refractivity contribution in [2.24, 2.45) is 13.0 Å². The van der Waals surface area contributed by atoms with Gasteiger partial charge in [0.25, 0.3) is 5.88 Å². The number of anilines is 1. The Kier molecular flexibility index (Phi) is 7.50. The molecule has 7 nitrogen and oxygen atoms in total. The minimum absolute atomic E-state index is 0.0798. The summed E-state index contributed by atoms with van der Waals surface area (Å²) in [4.78, 5) is 28.6. The summed E-state index contributed by atoms with van der Waals surface area (Å²) in [6.45, 7) is 0.406. The number of aryl methyl sites for hydroxylation is 1. The molecule has 178 valence electrons. The molecule has 0 saturated carbocycles. The zero-order valence-corrected chi connectivity index (χ0v) is 23.0. The summed E-state index contributed by atoms with van der Waals surface area (Å²) < 4.78 is 13.4. The van der Waals surface area contributed by atoms with Gasteiger partial charge in [-0.15, -0.1) is 14.3 Å². The molecule has 0 spiro atoms. The molecule has 3 aromatic rings. The van der Waals surface area contributed by atoms with Gasteiger partial charge in [-0.25, -0.2) is 0 Å². The Labute approximate surface area is 219 Å². The molecule has 1 aromatic heterocycles. The van der Waals surface area contributed by atoms with Crippen molar-refractivity contribution in [2.75, 3.05) is 25.7 Å². The third kappa shape index (κ3) is 4.81. The number of hydrogen-bond acceptors (Lipinski definition) is 5. The Morgan fingerprint density at radius 1 is 1.24 bits per heavy atom. The number of benzene rings is 2. The number of nitrogens with zero attached hydrogens (tertiary/aromatic N) is 3. The van der Waals surface area contributed by atoms with Crippen LogP contribution in [0.5, 0.6) is 11.6 Å². The zero-order valence-electron chi connectivity index (χ0n) is 18.9. The summed E-state index contributed by atoms with van der Waals surface area (Å²) >= 11 is 8.25. The van der Waals surface area contributed by atoms with Crippen LogP contribution in [0.25, 0.3) is 0 Å². The number of ether oxygens (including phenoxy) is 2. The Hall–Kier alpha value is -2.16. The lowest BCUT2D eigenvalue weighted by atomic mass is 9.84. The summed E-state index contributed by atoms with van der Waals surface area (Å²) in [6, 6.07) is 10.6. The lowest BCUT2D eigenvalue weighted by Gasteiger charge is -2.21. The fourth-order valence-electron chi connectivity index (χ4n) is 4.39. The second-order valence-electron chi connectivity index (χ2n) is 8.11. The number of halogens is 2. The Morgan fingerprint density at radius 3 is 2.56 bits per heavy atom. The number of hydrogen-bond donors (Lipinski definition) is 0. The molecule has 3 atom stereocenters. The number of methoxy groups -OCH3 is 2. The van der Waals surface area contributed by atoms with Gasteiger partial charge in [0.15, 0.2) is 5.78 Å². The van der Waals surface area contributed by atoms with Gasteiger partial charge in [-0.1, -0.05) is 11.6 Å². The average molecular weight is 612 g/mol. The summed E-state index contributed by atoms with van der Waals surface area (Å²) in [6.07, 6.45) is 1.84. The maximum atomic E-state index is 13.8. The van der Waals surface area contributed by atoms with Crippen molar-refractivity contribution in [2.45, 2.75) is 12.3 Å². The number of Topliss-reactive ketones (excluding diaryl/α,β-unsaturated/α-hetero) is 1. The van der Waals surface area contributed by atoms with Crippen molar-refractivity contribution in [3.63, 3.8) is 0 Å². The van der Waals surface area contributed by atoms with Gasteiger partial charge < -0.3 is 14.4 Å². The van der Waals surface area contributed by atoms with Crippen LogP contribution in [0.2, 0.25) is 5.02 Å². The summed E-state index contributed by atoms with van der Waals surface area (Å²) in [5, 5.41) is 5.80. The van der Waals surface area contributed by atoms with E-state index in [9.17, 15) is 9.59 Å². The first-order chi connectivity index (χ1) is 16.2. The minimum Gasteiger partial charge on any atom is -0.497 e. The molecule has 0 N–H and O–H groups in total. The molecule has 0 bridgehead atoms. The molecule has 1 aliphatic rings. The minimum atomic E-state index is -0.547. The van der Waals surface area contributed by atoms with Gasteiger partial charge in [0.2, 0.25) is 5.91 Å². The van der Waals surface area contributed by atoms with Crippen LogP contribution in [0.4, 0.5) is 5.69 Å². The highest BCUT2D eigenvalue weighted by Gasteiger charge is 2.45. The molecule has 2 heterocycles. The van der Waals surface area contributed by atoms with Gasteiger partial charge in [-0.3, -0.25) is 14.3 Å². The van der Waals surface area contributed by atoms with Gasteiger partial charge >= 0.3 is 0 Å². The molecule has 1 saturated heterocycles. The van der Waals surface area contributed by atoms with Gasteiger partial charge in [0.1, 0.15) is 11.4 Å². The van der Waals surface area contributed by atoms with Gasteiger partial charge in [-0.2, -0.15) is 0 Å². The molecule has 1 amide bonds. The quantitative estimate of drug-likeness (QED) is 0.227. The van der Waals surface area contributed by atoms with E-state index in [2.05, 4.69) is 36.9 Å². The zero-order chi connectivity index (χ0) is 24.6. The first-order valence-electron chi connectivity index (χ1n) is 10.5. The van der Waals surface area contributed by atoms with E-state index >= 15 is 0 Å². The standard InChI is InChI=1S/C24H24ClIN3O4P/c1-28-12-19(23(27-28)33-3)29-11-17(22-18(26)8-15(32-2)9-21(22)34)16(24(29)31)10-20(30)13-4-6-14(25)7-5-13/h4-9,12,16-17H,10-11,34H2,1-3H3/t16-,17+/m0/s1. The number of aromatic nitrogens is 2. The molecule has 34 heavy (non-hydrogen) atoms. The number of ketones is 1. The van der Waals surface area contributed by atoms with Crippen molar-refractivity contribution in [3.8, 4) is 11.6 Å². The van der Waals surface area contributed by atoms with Crippen molar-refractivity contribution < 1.29 is 19.1 Å². The van der Waals surface area contributed by atoms with Crippen molar-refractivity contribution in [3.05, 3.63) is 62.3 Å². The predicted octanol–water partition coefficient (Wildman–Crippen LogP) is 4.22. The van der Waals surface area contributed by atoms with Crippen LogP contribution in [0.1, 0.15) is 28.3 Å². The number of amides is 1. The average Bonchev–Trinajstić information content (AvgIpc) is 3.33. The highest BCUT2D eigenvalue weighted by atomic mass is 127. The predicted molar refractivity (Wildman–Crippen MR) is 144 cm³/mol. The second kappa shape index (κ2) is 10.2. The van der Waals surface area contributed by atoms with E-state index in [-0.39, 0.29) is 24.0 Å². The van der Waals surface area contributed by atoms with E-state index in [1.54, 1.807) is 54.2 Å². The van der Waals surface area contributed by atoms with Crippen molar-refractivity contribution in [1.29, 1.82) is 0 Å². The van der Waals surface area contributed by atoms with Crippen LogP contribution in [-0.2, 0) is 11.8 Å². The van der Waals surface area contributed by atoms with Crippen LogP contribution >= 0.6 is 43.4 Å². The SMILES string of the molecule is COc1cc(P)c([C@@H]2CN(c3cn(C)nc3OC)C(=O)[C@H]2CC(=O)c2ccc(Cl)cc2)c(I)c1. The summed E-state index contributed by atoms with van der Waals surface area (Å²) in [5.74, 6) is 0.119. The molecular weight excluding hydrogens is 588 g/mol. The van der Waals surface area contributed by atoms with Crippen LogP contribution in [0.15, 0.2) is 42.6 Å². The van der Waals surface area contributed by atoms with E-state index < -0.39 is 5.92 Å². The molecule has 0 radical (unpaired) electrons. The molecule has 1 unspecified atom stereocenters.